The summed E-state index contributed by atoms with van der Waals surface area (Å²) in [6.07, 6.45) is 3.31. The van der Waals surface area contributed by atoms with Crippen LogP contribution in [0.15, 0.2) is 78.9 Å². The second-order valence-corrected chi connectivity index (χ2v) is 10.3. The molecule has 1 fully saturated rings. The van der Waals surface area contributed by atoms with Gasteiger partial charge in [0.25, 0.3) is 5.91 Å². The number of guanidine groups is 1. The van der Waals surface area contributed by atoms with Crippen molar-refractivity contribution in [2.24, 2.45) is 5.73 Å². The largest absolute Gasteiger partial charge is 0.478 e. The van der Waals surface area contributed by atoms with Crippen LogP contribution in [0.2, 0.25) is 0 Å². The molecule has 1 aliphatic carbocycles. The molecule has 5 rings (SSSR count). The summed E-state index contributed by atoms with van der Waals surface area (Å²) in [5.41, 5.74) is 8.59. The molecule has 1 saturated carbocycles. The van der Waals surface area contributed by atoms with Gasteiger partial charge in [0.15, 0.2) is 5.96 Å². The van der Waals surface area contributed by atoms with Gasteiger partial charge in [-0.05, 0) is 80.6 Å². The molecule has 3 aromatic carbocycles. The summed E-state index contributed by atoms with van der Waals surface area (Å²) in [4.78, 5) is 13.6. The molecule has 0 bridgehead atoms. The van der Waals surface area contributed by atoms with E-state index in [1.807, 2.05) is 90.4 Å². The predicted molar refractivity (Wildman–Crippen MR) is 161 cm³/mol. The summed E-state index contributed by atoms with van der Waals surface area (Å²) < 4.78 is 13.4. The number of carbonyl (C=O) groups excluding carboxylic acids is 1. The summed E-state index contributed by atoms with van der Waals surface area (Å²) in [6, 6.07) is 25.3. The number of rotatable bonds is 9. The number of ether oxygens (including phenoxy) is 2. The van der Waals surface area contributed by atoms with Crippen molar-refractivity contribution in [2.75, 3.05) is 6.61 Å². The first-order chi connectivity index (χ1) is 19.9. The molecule has 6 N–H and O–H groups in total. The van der Waals surface area contributed by atoms with Gasteiger partial charge < -0.3 is 30.4 Å². The molecule has 0 unspecified atom stereocenters. The lowest BCUT2D eigenvalue weighted by Crippen LogP contribution is -2.45. The van der Waals surface area contributed by atoms with Gasteiger partial charge >= 0.3 is 0 Å². The smallest absolute Gasteiger partial charge is 0.268 e. The Morgan fingerprint density at radius 1 is 0.902 bits per heavy atom. The van der Waals surface area contributed by atoms with Gasteiger partial charge in [0.1, 0.15) is 17.2 Å². The highest BCUT2D eigenvalue weighted by atomic mass is 16.5. The SMILES string of the molecule is CCOC(=N)c1ccc2cc(C(=O)N[C@H]3CC[C@H](NC(=N)N)CC3)n(Cc3ccc(Oc4ccccc4)cc3)c2c1. The number of nitrogens with two attached hydrogens (primary N) is 1. The van der Waals surface area contributed by atoms with E-state index in [9.17, 15) is 4.79 Å². The number of amides is 1. The number of aromatic nitrogens is 1. The second kappa shape index (κ2) is 12.6. The summed E-state index contributed by atoms with van der Waals surface area (Å²) in [7, 11) is 0. The Morgan fingerprint density at radius 2 is 1.56 bits per heavy atom. The van der Waals surface area contributed by atoms with Crippen molar-refractivity contribution in [1.29, 1.82) is 10.8 Å². The van der Waals surface area contributed by atoms with E-state index in [4.69, 9.17) is 26.0 Å². The van der Waals surface area contributed by atoms with Gasteiger partial charge in [-0.1, -0.05) is 36.4 Å². The highest BCUT2D eigenvalue weighted by Gasteiger charge is 2.25. The van der Waals surface area contributed by atoms with Crippen LogP contribution in [0.25, 0.3) is 10.9 Å². The minimum absolute atomic E-state index is 0.0153. The quantitative estimate of drug-likeness (QED) is 0.140. The topological polar surface area (TPSA) is 138 Å². The molecule has 0 aliphatic heterocycles. The van der Waals surface area contributed by atoms with Crippen molar-refractivity contribution in [2.45, 2.75) is 51.2 Å². The summed E-state index contributed by atoms with van der Waals surface area (Å²) >= 11 is 0. The zero-order valence-corrected chi connectivity index (χ0v) is 23.2. The second-order valence-electron chi connectivity index (χ2n) is 10.3. The van der Waals surface area contributed by atoms with E-state index < -0.39 is 0 Å². The Morgan fingerprint density at radius 3 is 2.22 bits per heavy atom. The number of carbonyl (C=O) groups is 1. The van der Waals surface area contributed by atoms with E-state index in [2.05, 4.69) is 10.6 Å². The molecule has 4 aromatic rings. The first-order valence-corrected chi connectivity index (χ1v) is 14.0. The zero-order chi connectivity index (χ0) is 28.8. The molecule has 0 spiro atoms. The Hall–Kier alpha value is -4.79. The number of benzene rings is 3. The minimum atomic E-state index is -0.130. The lowest BCUT2D eigenvalue weighted by molar-refractivity contribution is 0.0916. The van der Waals surface area contributed by atoms with Crippen molar-refractivity contribution in [1.82, 2.24) is 15.2 Å². The van der Waals surface area contributed by atoms with Crippen molar-refractivity contribution >= 4 is 28.7 Å². The highest BCUT2D eigenvalue weighted by molar-refractivity contribution is 6.01. The monoisotopic (exact) mass is 552 g/mol. The fourth-order valence-corrected chi connectivity index (χ4v) is 5.31. The number of para-hydroxylation sites is 1. The maximum atomic E-state index is 13.6. The Labute approximate surface area is 239 Å². The molecule has 9 heteroatoms. The number of nitrogens with one attached hydrogen (secondary N) is 4. The molecule has 1 amide bonds. The van der Waals surface area contributed by atoms with E-state index in [1.165, 1.54) is 0 Å². The van der Waals surface area contributed by atoms with Gasteiger partial charge in [-0.15, -0.1) is 0 Å². The van der Waals surface area contributed by atoms with E-state index in [0.717, 1.165) is 53.6 Å². The average molecular weight is 553 g/mol. The van der Waals surface area contributed by atoms with Crippen LogP contribution in [0, 0.1) is 10.8 Å². The molecule has 1 aromatic heterocycles. The molecule has 9 nitrogen and oxygen atoms in total. The normalized spacial score (nSPS) is 16.6. The van der Waals surface area contributed by atoms with E-state index in [0.29, 0.717) is 24.4 Å². The zero-order valence-electron chi connectivity index (χ0n) is 23.2. The lowest BCUT2D eigenvalue weighted by Gasteiger charge is -2.29. The molecule has 212 valence electrons. The molecule has 0 atom stereocenters. The van der Waals surface area contributed by atoms with Crippen molar-refractivity contribution in [3.63, 3.8) is 0 Å². The minimum Gasteiger partial charge on any atom is -0.478 e. The van der Waals surface area contributed by atoms with Crippen LogP contribution in [-0.2, 0) is 11.3 Å². The van der Waals surface area contributed by atoms with E-state index in [-0.39, 0.29) is 29.8 Å². The highest BCUT2D eigenvalue weighted by Crippen LogP contribution is 2.26. The Kier molecular flexibility index (Phi) is 8.53. The molecular weight excluding hydrogens is 516 g/mol. The maximum Gasteiger partial charge on any atom is 0.268 e. The van der Waals surface area contributed by atoms with Crippen LogP contribution in [0.3, 0.4) is 0 Å². The number of nitrogens with zero attached hydrogens (tertiary/aromatic N) is 1. The van der Waals surface area contributed by atoms with Crippen molar-refractivity contribution in [3.8, 4) is 11.5 Å². The molecule has 0 radical (unpaired) electrons. The van der Waals surface area contributed by atoms with E-state index >= 15 is 0 Å². The Balaban J connectivity index is 1.39. The summed E-state index contributed by atoms with van der Waals surface area (Å²) in [6.45, 7) is 2.73. The van der Waals surface area contributed by atoms with Crippen LogP contribution >= 0.6 is 0 Å². The van der Waals surface area contributed by atoms with E-state index in [1.54, 1.807) is 0 Å². The standard InChI is InChI=1S/C32H36N6O3/c1-2-40-30(33)23-11-10-22-18-29(31(39)36-24-12-14-25(15-13-24)37-32(34)35)38(28(22)19-23)20-21-8-16-27(17-9-21)41-26-6-4-3-5-7-26/h3-11,16-19,24-25,33H,2,12-15,20H2,1H3,(H,36,39)(H4,34,35,37)/t24-,25-. The first kappa shape index (κ1) is 27.8. The van der Waals surface area contributed by atoms with Gasteiger partial charge in [-0.2, -0.15) is 0 Å². The van der Waals surface area contributed by atoms with Crippen molar-refractivity contribution in [3.05, 3.63) is 95.7 Å². The molecule has 41 heavy (non-hydrogen) atoms. The van der Waals surface area contributed by atoms with Gasteiger partial charge in [-0.3, -0.25) is 15.6 Å². The summed E-state index contributed by atoms with van der Waals surface area (Å²) in [5.74, 6) is 1.46. The third-order valence-corrected chi connectivity index (χ3v) is 7.35. The van der Waals surface area contributed by atoms with Gasteiger partial charge in [0.05, 0.1) is 6.61 Å². The average Bonchev–Trinajstić information content (AvgIpc) is 3.33. The Bertz CT molecular complexity index is 1520. The lowest BCUT2D eigenvalue weighted by atomic mass is 9.91. The number of hydrogen-bond donors (Lipinski definition) is 5. The fourth-order valence-electron chi connectivity index (χ4n) is 5.31. The number of hydrogen-bond acceptors (Lipinski definition) is 5. The third kappa shape index (κ3) is 6.87. The molecular formula is C32H36N6O3. The number of fused-ring (bicyclic) bond motifs is 1. The molecule has 1 aliphatic rings. The van der Waals surface area contributed by atoms with Crippen LogP contribution in [-0.4, -0.2) is 41.0 Å². The maximum absolute atomic E-state index is 13.6. The van der Waals surface area contributed by atoms with Crippen LogP contribution < -0.4 is 21.1 Å². The molecule has 0 saturated heterocycles. The fraction of sp³-hybridized carbons (Fsp3) is 0.281. The van der Waals surface area contributed by atoms with Crippen LogP contribution in [0.5, 0.6) is 11.5 Å². The van der Waals surface area contributed by atoms with Crippen molar-refractivity contribution < 1.29 is 14.3 Å². The van der Waals surface area contributed by atoms with Gasteiger partial charge in [0.2, 0.25) is 5.90 Å². The van der Waals surface area contributed by atoms with Crippen LogP contribution in [0.1, 0.15) is 54.2 Å². The predicted octanol–water partition coefficient (Wildman–Crippen LogP) is 5.37. The van der Waals surface area contributed by atoms with Gasteiger partial charge in [-0.25, -0.2) is 0 Å². The van der Waals surface area contributed by atoms with Crippen LogP contribution in [0.4, 0.5) is 0 Å². The third-order valence-electron chi connectivity index (χ3n) is 7.35. The first-order valence-electron chi connectivity index (χ1n) is 14.0. The molecule has 1 heterocycles. The van der Waals surface area contributed by atoms with Gasteiger partial charge in [0, 0.05) is 35.1 Å². The summed E-state index contributed by atoms with van der Waals surface area (Å²) in [5, 5.41) is 22.9.